The number of hydrogen-bond acceptors (Lipinski definition) is 5. The molecule has 25 heavy (non-hydrogen) atoms. The maximum absolute atomic E-state index is 12.3. The Labute approximate surface area is 142 Å². The van der Waals surface area contributed by atoms with E-state index in [4.69, 9.17) is 4.74 Å². The summed E-state index contributed by atoms with van der Waals surface area (Å²) < 4.78 is 6.95. The van der Waals surface area contributed by atoms with Gasteiger partial charge in [0.05, 0.1) is 18.4 Å². The first-order chi connectivity index (χ1) is 12.2. The summed E-state index contributed by atoms with van der Waals surface area (Å²) in [6, 6.07) is 9.45. The van der Waals surface area contributed by atoms with Crippen LogP contribution in [0.15, 0.2) is 41.3 Å². The summed E-state index contributed by atoms with van der Waals surface area (Å²) in [4.78, 5) is 31.4. The zero-order chi connectivity index (χ0) is 17.2. The van der Waals surface area contributed by atoms with Gasteiger partial charge in [-0.15, -0.1) is 0 Å². The molecule has 3 aromatic rings. The third-order valence-corrected chi connectivity index (χ3v) is 4.14. The van der Waals surface area contributed by atoms with Gasteiger partial charge in [-0.05, 0) is 25.0 Å². The number of carbonyl (C=O) groups excluding carboxylic acids is 1. The van der Waals surface area contributed by atoms with Gasteiger partial charge in [-0.1, -0.05) is 18.2 Å². The van der Waals surface area contributed by atoms with E-state index in [0.29, 0.717) is 23.5 Å². The summed E-state index contributed by atoms with van der Waals surface area (Å²) in [6.45, 7) is 0.735. The van der Waals surface area contributed by atoms with E-state index in [1.165, 1.54) is 6.20 Å². The Morgan fingerprint density at radius 1 is 1.36 bits per heavy atom. The molecule has 128 valence electrons. The molecule has 8 nitrogen and oxygen atoms in total. The van der Waals surface area contributed by atoms with Crippen molar-refractivity contribution in [3.8, 4) is 5.69 Å². The topological polar surface area (TPSA) is 102 Å². The van der Waals surface area contributed by atoms with Crippen molar-refractivity contribution in [1.29, 1.82) is 0 Å². The minimum absolute atomic E-state index is 0.129. The van der Waals surface area contributed by atoms with Crippen molar-refractivity contribution in [2.45, 2.75) is 25.5 Å². The van der Waals surface area contributed by atoms with Gasteiger partial charge in [0, 0.05) is 6.61 Å². The van der Waals surface area contributed by atoms with Crippen molar-refractivity contribution in [3.05, 3.63) is 52.7 Å². The van der Waals surface area contributed by atoms with Gasteiger partial charge in [-0.2, -0.15) is 5.10 Å². The molecule has 0 spiro atoms. The summed E-state index contributed by atoms with van der Waals surface area (Å²) in [5, 5.41) is 7.41. The Morgan fingerprint density at radius 2 is 2.20 bits per heavy atom. The highest BCUT2D eigenvalue weighted by atomic mass is 16.5. The SMILES string of the molecule is O=C(NCc1nc2c(cnn2-c2ccccc2)c(=O)[nH]1)C1CCCO1. The molecule has 1 unspecified atom stereocenters. The third kappa shape index (κ3) is 3.03. The lowest BCUT2D eigenvalue weighted by Crippen LogP contribution is -2.34. The summed E-state index contributed by atoms with van der Waals surface area (Å²) in [5.74, 6) is 0.193. The molecular weight excluding hydrogens is 322 g/mol. The fourth-order valence-corrected chi connectivity index (χ4v) is 2.87. The molecule has 0 bridgehead atoms. The number of nitrogens with zero attached hydrogens (tertiary/aromatic N) is 3. The molecule has 1 fully saturated rings. The maximum Gasteiger partial charge on any atom is 0.262 e. The average molecular weight is 339 g/mol. The normalized spacial score (nSPS) is 17.0. The third-order valence-electron chi connectivity index (χ3n) is 4.14. The van der Waals surface area contributed by atoms with Crippen LogP contribution in [0.3, 0.4) is 0 Å². The fourth-order valence-electron chi connectivity index (χ4n) is 2.87. The Kier molecular flexibility index (Phi) is 4.02. The standard InChI is InChI=1S/C17H17N5O3/c23-16-12-9-19-22(11-5-2-1-3-6-11)15(12)20-14(21-16)10-18-17(24)13-7-4-8-25-13/h1-3,5-6,9,13H,4,7-8,10H2,(H,18,24)(H,20,21,23). The molecule has 1 saturated heterocycles. The quantitative estimate of drug-likeness (QED) is 0.735. The largest absolute Gasteiger partial charge is 0.368 e. The van der Waals surface area contributed by atoms with Gasteiger partial charge >= 0.3 is 0 Å². The number of carbonyl (C=O) groups is 1. The predicted molar refractivity (Wildman–Crippen MR) is 90.3 cm³/mol. The summed E-state index contributed by atoms with van der Waals surface area (Å²) in [7, 11) is 0. The molecule has 1 aliphatic rings. The highest BCUT2D eigenvalue weighted by Crippen LogP contribution is 2.14. The average Bonchev–Trinajstić information content (AvgIpc) is 3.30. The van der Waals surface area contributed by atoms with Gasteiger partial charge in [-0.3, -0.25) is 9.59 Å². The van der Waals surface area contributed by atoms with Gasteiger partial charge < -0.3 is 15.0 Å². The molecule has 1 amide bonds. The Hall–Kier alpha value is -3.00. The van der Waals surface area contributed by atoms with E-state index >= 15 is 0 Å². The minimum Gasteiger partial charge on any atom is -0.368 e. The second-order valence-corrected chi connectivity index (χ2v) is 5.86. The predicted octanol–water partition coefficient (Wildman–Crippen LogP) is 0.904. The van der Waals surface area contributed by atoms with Crippen LogP contribution in [0.5, 0.6) is 0 Å². The van der Waals surface area contributed by atoms with Crippen LogP contribution in [0.4, 0.5) is 0 Å². The lowest BCUT2D eigenvalue weighted by molar-refractivity contribution is -0.130. The number of rotatable bonds is 4. The molecule has 2 aromatic heterocycles. The summed E-state index contributed by atoms with van der Waals surface area (Å²) >= 11 is 0. The summed E-state index contributed by atoms with van der Waals surface area (Å²) in [5.41, 5.74) is 0.981. The van der Waals surface area contributed by atoms with E-state index in [0.717, 1.165) is 18.5 Å². The highest BCUT2D eigenvalue weighted by Gasteiger charge is 2.23. The smallest absolute Gasteiger partial charge is 0.262 e. The Morgan fingerprint density at radius 3 is 2.96 bits per heavy atom. The number of hydrogen-bond donors (Lipinski definition) is 2. The zero-order valence-electron chi connectivity index (χ0n) is 13.4. The monoisotopic (exact) mass is 339 g/mol. The van der Waals surface area contributed by atoms with Crippen molar-refractivity contribution >= 4 is 16.9 Å². The van der Waals surface area contributed by atoms with E-state index in [2.05, 4.69) is 20.4 Å². The second-order valence-electron chi connectivity index (χ2n) is 5.86. The first-order valence-corrected chi connectivity index (χ1v) is 8.14. The zero-order valence-corrected chi connectivity index (χ0v) is 13.4. The van der Waals surface area contributed by atoms with Crippen LogP contribution in [-0.2, 0) is 16.1 Å². The van der Waals surface area contributed by atoms with Crippen LogP contribution in [0.25, 0.3) is 16.7 Å². The van der Waals surface area contributed by atoms with Crippen LogP contribution >= 0.6 is 0 Å². The van der Waals surface area contributed by atoms with Gasteiger partial charge in [-0.25, -0.2) is 9.67 Å². The van der Waals surface area contributed by atoms with E-state index in [-0.39, 0.29) is 18.0 Å². The number of benzene rings is 1. The van der Waals surface area contributed by atoms with Crippen LogP contribution in [-0.4, -0.2) is 38.4 Å². The van der Waals surface area contributed by atoms with Crippen LogP contribution in [0.2, 0.25) is 0 Å². The number of nitrogens with one attached hydrogen (secondary N) is 2. The molecule has 1 aliphatic heterocycles. The van der Waals surface area contributed by atoms with E-state index in [1.807, 2.05) is 30.3 Å². The highest BCUT2D eigenvalue weighted by molar-refractivity contribution is 5.81. The number of H-pyrrole nitrogens is 1. The van der Waals surface area contributed by atoms with E-state index < -0.39 is 6.10 Å². The lowest BCUT2D eigenvalue weighted by Gasteiger charge is -2.10. The molecule has 4 rings (SSSR count). The first kappa shape index (κ1) is 15.5. The van der Waals surface area contributed by atoms with Gasteiger partial charge in [0.15, 0.2) is 5.65 Å². The number of fused-ring (bicyclic) bond motifs is 1. The minimum atomic E-state index is -0.412. The number of aromatic amines is 1. The molecular formula is C17H17N5O3. The molecule has 2 N–H and O–H groups in total. The van der Waals surface area contributed by atoms with E-state index in [9.17, 15) is 9.59 Å². The van der Waals surface area contributed by atoms with Crippen molar-refractivity contribution in [2.24, 2.45) is 0 Å². The maximum atomic E-state index is 12.3. The lowest BCUT2D eigenvalue weighted by atomic mass is 10.2. The Bertz CT molecular complexity index is 957. The van der Waals surface area contributed by atoms with Crippen LogP contribution in [0, 0.1) is 0 Å². The van der Waals surface area contributed by atoms with Crippen LogP contribution < -0.4 is 10.9 Å². The van der Waals surface area contributed by atoms with Crippen molar-refractivity contribution in [2.75, 3.05) is 6.61 Å². The van der Waals surface area contributed by atoms with Crippen molar-refractivity contribution < 1.29 is 9.53 Å². The molecule has 0 radical (unpaired) electrons. The van der Waals surface area contributed by atoms with Crippen molar-refractivity contribution in [3.63, 3.8) is 0 Å². The molecule has 0 saturated carbocycles. The molecule has 1 aromatic carbocycles. The molecule has 0 aliphatic carbocycles. The Balaban J connectivity index is 1.62. The van der Waals surface area contributed by atoms with Gasteiger partial charge in [0.1, 0.15) is 17.3 Å². The second kappa shape index (κ2) is 6.48. The number of ether oxygens (including phenoxy) is 1. The molecule has 1 atom stereocenters. The van der Waals surface area contributed by atoms with Crippen LogP contribution in [0.1, 0.15) is 18.7 Å². The van der Waals surface area contributed by atoms with Gasteiger partial charge in [0.25, 0.3) is 5.56 Å². The number of para-hydroxylation sites is 1. The van der Waals surface area contributed by atoms with Gasteiger partial charge in [0.2, 0.25) is 5.91 Å². The molecule has 8 heteroatoms. The molecule has 3 heterocycles. The number of aromatic nitrogens is 4. The fraction of sp³-hybridized carbons (Fsp3) is 0.294. The summed E-state index contributed by atoms with van der Waals surface area (Å²) in [6.07, 6.45) is 2.68. The number of amides is 1. The van der Waals surface area contributed by atoms with E-state index in [1.54, 1.807) is 4.68 Å². The van der Waals surface area contributed by atoms with Crippen molar-refractivity contribution in [1.82, 2.24) is 25.1 Å². The first-order valence-electron chi connectivity index (χ1n) is 8.14.